The lowest BCUT2D eigenvalue weighted by molar-refractivity contribution is 0.00748. The molecule has 0 N–H and O–H groups in total. The number of fused-ring (bicyclic) bond motifs is 1. The zero-order valence-electron chi connectivity index (χ0n) is 15.3. The van der Waals surface area contributed by atoms with E-state index in [9.17, 15) is 4.79 Å². The van der Waals surface area contributed by atoms with Gasteiger partial charge >= 0.3 is 6.09 Å². The van der Waals surface area contributed by atoms with Gasteiger partial charge in [0.1, 0.15) is 11.1 Å². The van der Waals surface area contributed by atoms with Crippen LogP contribution >= 0.6 is 15.9 Å². The van der Waals surface area contributed by atoms with Gasteiger partial charge in [0.15, 0.2) is 0 Å². The summed E-state index contributed by atoms with van der Waals surface area (Å²) in [6.07, 6.45) is 2.84. The third kappa shape index (κ3) is 4.14. The average Bonchev–Trinajstić information content (AvgIpc) is 2.89. The van der Waals surface area contributed by atoms with Gasteiger partial charge in [-0.1, -0.05) is 21.1 Å². The number of rotatable bonds is 2. The van der Waals surface area contributed by atoms with E-state index < -0.39 is 5.60 Å². The van der Waals surface area contributed by atoms with Gasteiger partial charge in [-0.15, -0.1) is 5.10 Å². The van der Waals surface area contributed by atoms with Gasteiger partial charge in [0, 0.05) is 11.0 Å². The van der Waals surface area contributed by atoms with Crippen molar-refractivity contribution >= 4 is 33.1 Å². The number of nitrogens with zero attached hydrogens (tertiary/aromatic N) is 4. The number of hydrogen-bond acceptors (Lipinski definition) is 4. The number of amides is 1. The molecular formula is C18H25BrN4O2. The molecule has 2 heterocycles. The van der Waals surface area contributed by atoms with Crippen LogP contribution in [0.4, 0.5) is 4.79 Å². The van der Waals surface area contributed by atoms with Crippen molar-refractivity contribution in [1.29, 1.82) is 0 Å². The fraction of sp³-hybridized carbons (Fsp3) is 0.611. The molecule has 0 aliphatic carbocycles. The van der Waals surface area contributed by atoms with Gasteiger partial charge in [0.2, 0.25) is 0 Å². The molecule has 6 nitrogen and oxygen atoms in total. The fourth-order valence-corrected chi connectivity index (χ4v) is 3.51. The van der Waals surface area contributed by atoms with Crippen LogP contribution < -0.4 is 0 Å². The summed E-state index contributed by atoms with van der Waals surface area (Å²) in [7, 11) is 0. The van der Waals surface area contributed by atoms with Gasteiger partial charge in [-0.3, -0.25) is 0 Å². The molecule has 0 saturated carbocycles. The zero-order chi connectivity index (χ0) is 18.2. The average molecular weight is 409 g/mol. The molecule has 0 spiro atoms. The summed E-state index contributed by atoms with van der Waals surface area (Å²) in [4.78, 5) is 14.4. The summed E-state index contributed by atoms with van der Waals surface area (Å²) in [5.74, 6) is 0. The summed E-state index contributed by atoms with van der Waals surface area (Å²) in [5, 5.41) is 8.58. The molecule has 1 saturated heterocycles. The summed E-state index contributed by atoms with van der Waals surface area (Å²) < 4.78 is 8.52. The maximum Gasteiger partial charge on any atom is 0.410 e. The van der Waals surface area contributed by atoms with Crippen LogP contribution in [0.25, 0.3) is 11.0 Å². The number of piperidine rings is 1. The number of likely N-dealkylation sites (tertiary alicyclic amines) is 1. The predicted octanol–water partition coefficient (Wildman–Crippen LogP) is 4.29. The highest BCUT2D eigenvalue weighted by Gasteiger charge is 2.31. The highest BCUT2D eigenvalue weighted by atomic mass is 79.9. The van der Waals surface area contributed by atoms with Gasteiger partial charge in [0.05, 0.1) is 18.1 Å². The molecule has 1 aromatic carbocycles. The molecule has 1 amide bonds. The molecule has 1 atom stereocenters. The number of aromatic nitrogens is 3. The maximum absolute atomic E-state index is 12.6. The van der Waals surface area contributed by atoms with Crippen molar-refractivity contribution in [3.05, 3.63) is 22.2 Å². The third-order valence-corrected chi connectivity index (χ3v) is 5.29. The van der Waals surface area contributed by atoms with E-state index in [1.807, 2.05) is 49.4 Å². The first-order valence-corrected chi connectivity index (χ1v) is 9.53. The van der Waals surface area contributed by atoms with Crippen molar-refractivity contribution in [2.75, 3.05) is 6.54 Å². The second-order valence-corrected chi connectivity index (χ2v) is 8.54. The third-order valence-electron chi connectivity index (χ3n) is 4.43. The quantitative estimate of drug-likeness (QED) is 0.743. The van der Waals surface area contributed by atoms with Crippen LogP contribution in [0, 0.1) is 6.92 Å². The van der Waals surface area contributed by atoms with Crippen LogP contribution in [0.1, 0.15) is 45.6 Å². The zero-order valence-corrected chi connectivity index (χ0v) is 16.8. The van der Waals surface area contributed by atoms with E-state index in [2.05, 4.69) is 26.2 Å². The molecule has 7 heteroatoms. The van der Waals surface area contributed by atoms with Crippen molar-refractivity contribution in [2.45, 2.75) is 65.1 Å². The van der Waals surface area contributed by atoms with Crippen molar-refractivity contribution in [1.82, 2.24) is 19.9 Å². The van der Waals surface area contributed by atoms with Crippen LogP contribution in [0.2, 0.25) is 0 Å². The van der Waals surface area contributed by atoms with Gasteiger partial charge in [0.25, 0.3) is 0 Å². The molecule has 2 aromatic rings. The molecule has 1 aromatic heterocycles. The number of aryl methyl sites for hydroxylation is 1. The lowest BCUT2D eigenvalue weighted by atomic mass is 10.0. The Balaban J connectivity index is 1.82. The highest BCUT2D eigenvalue weighted by Crippen LogP contribution is 2.25. The molecule has 25 heavy (non-hydrogen) atoms. The minimum atomic E-state index is -0.485. The summed E-state index contributed by atoms with van der Waals surface area (Å²) in [5.41, 5.74) is 2.50. The molecule has 3 rings (SSSR count). The second-order valence-electron chi connectivity index (χ2n) is 7.69. The first-order valence-electron chi connectivity index (χ1n) is 8.73. The number of ether oxygens (including phenoxy) is 1. The minimum absolute atomic E-state index is 0.0774. The van der Waals surface area contributed by atoms with Crippen molar-refractivity contribution in [2.24, 2.45) is 0 Å². The number of carbonyl (C=O) groups excluding carboxylic acids is 1. The Hall–Kier alpha value is -1.63. The monoisotopic (exact) mass is 408 g/mol. The van der Waals surface area contributed by atoms with Gasteiger partial charge < -0.3 is 9.64 Å². The lowest BCUT2D eigenvalue weighted by Crippen LogP contribution is -2.48. The van der Waals surface area contributed by atoms with Crippen LogP contribution in [-0.4, -0.2) is 44.2 Å². The van der Waals surface area contributed by atoms with Crippen LogP contribution in [0.3, 0.4) is 0 Å². The van der Waals surface area contributed by atoms with E-state index in [0.29, 0.717) is 6.54 Å². The number of hydrogen-bond donors (Lipinski definition) is 0. The van der Waals surface area contributed by atoms with Crippen molar-refractivity contribution in [3.8, 4) is 0 Å². The maximum atomic E-state index is 12.6. The predicted molar refractivity (Wildman–Crippen MR) is 101 cm³/mol. The highest BCUT2D eigenvalue weighted by molar-refractivity contribution is 9.10. The standard InChI is InChI=1S/C18H25BrN4O2/c1-12-9-15-16(10-14(12)19)23(21-20-15)11-13-7-5-6-8-22(13)17(24)25-18(2,3)4/h9-10,13H,5-8,11H2,1-4H3. The first-order chi connectivity index (χ1) is 11.7. The summed E-state index contributed by atoms with van der Waals surface area (Å²) in [6.45, 7) is 9.09. The molecule has 0 radical (unpaired) electrons. The summed E-state index contributed by atoms with van der Waals surface area (Å²) in [6, 6.07) is 4.15. The minimum Gasteiger partial charge on any atom is -0.444 e. The SMILES string of the molecule is Cc1cc2nnn(CC3CCCCN3C(=O)OC(C)(C)C)c2cc1Br. The Labute approximate surface area is 156 Å². The Morgan fingerprint density at radius 3 is 2.84 bits per heavy atom. The van der Waals surface area contributed by atoms with Gasteiger partial charge in [-0.05, 0) is 64.7 Å². The van der Waals surface area contributed by atoms with Gasteiger partial charge in [-0.2, -0.15) is 0 Å². The van der Waals surface area contributed by atoms with Crippen molar-refractivity contribution in [3.63, 3.8) is 0 Å². The van der Waals surface area contributed by atoms with E-state index >= 15 is 0 Å². The molecule has 1 fully saturated rings. The lowest BCUT2D eigenvalue weighted by Gasteiger charge is -2.36. The van der Waals surface area contributed by atoms with E-state index in [1.165, 1.54) is 0 Å². The molecule has 1 unspecified atom stereocenters. The van der Waals surface area contributed by atoms with Gasteiger partial charge in [-0.25, -0.2) is 9.48 Å². The van der Waals surface area contributed by atoms with Crippen LogP contribution in [-0.2, 0) is 11.3 Å². The van der Waals surface area contributed by atoms with Crippen LogP contribution in [0.15, 0.2) is 16.6 Å². The van der Waals surface area contributed by atoms with E-state index in [0.717, 1.165) is 46.9 Å². The van der Waals surface area contributed by atoms with E-state index in [-0.39, 0.29) is 12.1 Å². The molecule has 1 aliphatic rings. The molecule has 0 bridgehead atoms. The van der Waals surface area contributed by atoms with Crippen molar-refractivity contribution < 1.29 is 9.53 Å². The fourth-order valence-electron chi connectivity index (χ4n) is 3.18. The van der Waals surface area contributed by atoms with E-state index in [4.69, 9.17) is 4.74 Å². The second kappa shape index (κ2) is 6.94. The number of benzene rings is 1. The topological polar surface area (TPSA) is 60.2 Å². The Morgan fingerprint density at radius 1 is 1.36 bits per heavy atom. The molecule has 136 valence electrons. The molecular weight excluding hydrogens is 384 g/mol. The first kappa shape index (κ1) is 18.2. The largest absolute Gasteiger partial charge is 0.444 e. The normalized spacial score (nSPS) is 18.6. The number of halogens is 1. The Bertz CT molecular complexity index is 781. The van der Waals surface area contributed by atoms with E-state index in [1.54, 1.807) is 0 Å². The smallest absolute Gasteiger partial charge is 0.410 e. The number of carbonyl (C=O) groups is 1. The Morgan fingerprint density at radius 2 is 2.12 bits per heavy atom. The van der Waals surface area contributed by atoms with Crippen LogP contribution in [0.5, 0.6) is 0 Å². The summed E-state index contributed by atoms with van der Waals surface area (Å²) >= 11 is 3.58. The Kier molecular flexibility index (Phi) is 5.04. The molecule has 1 aliphatic heterocycles.